The molecule has 0 saturated carbocycles. The highest BCUT2D eigenvalue weighted by Gasteiger charge is 2.29. The molecule has 0 saturated heterocycles. The molecule has 0 aromatic heterocycles. The van der Waals surface area contributed by atoms with Gasteiger partial charge in [0.2, 0.25) is 0 Å². The summed E-state index contributed by atoms with van der Waals surface area (Å²) in [5.74, 6) is -0.408. The average Bonchev–Trinajstić information content (AvgIpc) is 2.55. The first-order valence-corrected chi connectivity index (χ1v) is 6.19. The second-order valence-corrected chi connectivity index (χ2v) is 3.96. The van der Waals surface area contributed by atoms with E-state index in [0.717, 1.165) is 28.4 Å². The molecule has 0 bridgehead atoms. The number of esters is 4. The van der Waals surface area contributed by atoms with E-state index < -0.39 is 35.7 Å². The summed E-state index contributed by atoms with van der Waals surface area (Å²) < 4.78 is 17.9. The Kier molecular flexibility index (Phi) is 9.02. The van der Waals surface area contributed by atoms with E-state index >= 15 is 0 Å². The summed E-state index contributed by atoms with van der Waals surface area (Å²) >= 11 is 0. The Morgan fingerprint density at radius 2 is 0.864 bits per heavy atom. The van der Waals surface area contributed by atoms with E-state index in [1.54, 1.807) is 0 Å². The van der Waals surface area contributed by atoms with Crippen LogP contribution in [0.15, 0.2) is 0 Å². The zero-order valence-electron chi connectivity index (χ0n) is 12.8. The highest BCUT2D eigenvalue weighted by atomic mass is 16.5. The molecule has 0 aliphatic heterocycles. The molecule has 0 amide bonds. The smallest absolute Gasteiger partial charge is 0.321 e. The van der Waals surface area contributed by atoms with E-state index in [4.69, 9.17) is 0 Å². The van der Waals surface area contributed by atoms with Crippen LogP contribution in [0, 0.1) is 23.7 Å². The van der Waals surface area contributed by atoms with Gasteiger partial charge in [0, 0.05) is 12.8 Å². The third-order valence-electron chi connectivity index (χ3n) is 2.68. The summed E-state index contributed by atoms with van der Waals surface area (Å²) in [5, 5.41) is 0. The third-order valence-corrected chi connectivity index (χ3v) is 2.68. The Balaban J connectivity index is 4.83. The van der Waals surface area contributed by atoms with E-state index in [-0.39, 0.29) is 12.8 Å². The number of hydrogen-bond donors (Lipinski definition) is 0. The molecule has 0 aliphatic rings. The first kappa shape index (κ1) is 19.4. The number of rotatable bonds is 6. The Hall–Kier alpha value is -2.56. The summed E-state index contributed by atoms with van der Waals surface area (Å²) in [5.41, 5.74) is 0. The minimum Gasteiger partial charge on any atom is -0.468 e. The Morgan fingerprint density at radius 3 is 1.05 bits per heavy atom. The highest BCUT2D eigenvalue weighted by Crippen LogP contribution is 2.09. The second-order valence-electron chi connectivity index (χ2n) is 3.96. The van der Waals surface area contributed by atoms with Crippen molar-refractivity contribution in [2.24, 2.45) is 11.8 Å². The van der Waals surface area contributed by atoms with E-state index in [9.17, 15) is 19.2 Å². The molecule has 0 N–H and O–H groups in total. The van der Waals surface area contributed by atoms with Gasteiger partial charge in [0.25, 0.3) is 0 Å². The average molecular weight is 314 g/mol. The zero-order valence-corrected chi connectivity index (χ0v) is 12.8. The third kappa shape index (κ3) is 5.83. The first-order valence-electron chi connectivity index (χ1n) is 6.19. The molecule has 0 aromatic rings. The van der Waals surface area contributed by atoms with Gasteiger partial charge < -0.3 is 18.9 Å². The van der Waals surface area contributed by atoms with E-state index in [0.29, 0.717) is 0 Å². The molecule has 0 spiro atoms. The largest absolute Gasteiger partial charge is 0.468 e. The zero-order chi connectivity index (χ0) is 17.1. The van der Waals surface area contributed by atoms with Crippen LogP contribution in [0.2, 0.25) is 0 Å². The van der Waals surface area contributed by atoms with Crippen LogP contribution in [0.25, 0.3) is 0 Å². The van der Waals surface area contributed by atoms with Gasteiger partial charge in [0.05, 0.1) is 28.4 Å². The quantitative estimate of drug-likeness (QED) is 0.285. The molecule has 8 nitrogen and oxygen atoms in total. The summed E-state index contributed by atoms with van der Waals surface area (Å²) in [6.45, 7) is 0. The molecule has 8 heteroatoms. The summed E-state index contributed by atoms with van der Waals surface area (Å²) in [6, 6.07) is 0. The van der Waals surface area contributed by atoms with Gasteiger partial charge in [-0.05, 0) is 0 Å². The molecule has 0 radical (unpaired) electrons. The molecule has 0 rings (SSSR count). The summed E-state index contributed by atoms with van der Waals surface area (Å²) in [7, 11) is 4.54. The fraction of sp³-hybridized carbons (Fsp3) is 0.571. The molecule has 0 aliphatic carbocycles. The van der Waals surface area contributed by atoms with Crippen molar-refractivity contribution in [1.29, 1.82) is 0 Å². The maximum Gasteiger partial charge on any atom is 0.321 e. The van der Waals surface area contributed by atoms with Crippen molar-refractivity contribution in [1.82, 2.24) is 0 Å². The normalized spacial score (nSPS) is 9.55. The SMILES string of the molecule is COC(=O)C(CC#CCC(C(=O)OC)C(=O)OC)C(=O)OC. The Bertz CT molecular complexity index is 411. The van der Waals surface area contributed by atoms with Gasteiger partial charge in [-0.25, -0.2) is 0 Å². The predicted molar refractivity (Wildman–Crippen MR) is 72.1 cm³/mol. The van der Waals surface area contributed by atoms with Gasteiger partial charge in [-0.3, -0.25) is 19.2 Å². The lowest BCUT2D eigenvalue weighted by atomic mass is 10.0. The number of carbonyl (C=O) groups is 4. The minimum atomic E-state index is -1.18. The van der Waals surface area contributed by atoms with Gasteiger partial charge in [-0.2, -0.15) is 0 Å². The molecule has 122 valence electrons. The topological polar surface area (TPSA) is 105 Å². The van der Waals surface area contributed by atoms with Crippen LogP contribution in [0.5, 0.6) is 0 Å². The van der Waals surface area contributed by atoms with Crippen molar-refractivity contribution in [2.45, 2.75) is 12.8 Å². The van der Waals surface area contributed by atoms with Crippen molar-refractivity contribution in [3.63, 3.8) is 0 Å². The molecule has 0 fully saturated rings. The maximum atomic E-state index is 11.4. The minimum absolute atomic E-state index is 0.158. The van der Waals surface area contributed by atoms with Crippen LogP contribution in [0.1, 0.15) is 12.8 Å². The molecule has 0 atom stereocenters. The van der Waals surface area contributed by atoms with E-state index in [2.05, 4.69) is 30.8 Å². The number of methoxy groups -OCH3 is 4. The molecule has 0 aromatic carbocycles. The monoisotopic (exact) mass is 314 g/mol. The maximum absolute atomic E-state index is 11.4. The molecule has 0 heterocycles. The molecular formula is C14H18O8. The van der Waals surface area contributed by atoms with Gasteiger partial charge in [0.15, 0.2) is 11.8 Å². The predicted octanol–water partition coefficient (Wildman–Crippen LogP) is -0.306. The van der Waals surface area contributed by atoms with Crippen LogP contribution in [-0.2, 0) is 38.1 Å². The lowest BCUT2D eigenvalue weighted by molar-refractivity contribution is -0.160. The van der Waals surface area contributed by atoms with Crippen LogP contribution in [0.4, 0.5) is 0 Å². The van der Waals surface area contributed by atoms with Gasteiger partial charge in [-0.1, -0.05) is 0 Å². The van der Waals surface area contributed by atoms with Gasteiger partial charge in [-0.15, -0.1) is 11.8 Å². The van der Waals surface area contributed by atoms with Crippen molar-refractivity contribution in [3.8, 4) is 11.8 Å². The van der Waals surface area contributed by atoms with Gasteiger partial charge in [0.1, 0.15) is 0 Å². The Morgan fingerprint density at radius 1 is 0.636 bits per heavy atom. The second kappa shape index (κ2) is 10.2. The van der Waals surface area contributed by atoms with Crippen molar-refractivity contribution in [3.05, 3.63) is 0 Å². The van der Waals surface area contributed by atoms with Crippen LogP contribution >= 0.6 is 0 Å². The van der Waals surface area contributed by atoms with Gasteiger partial charge >= 0.3 is 23.9 Å². The fourth-order valence-corrected chi connectivity index (χ4v) is 1.44. The first-order chi connectivity index (χ1) is 10.4. The number of ether oxygens (including phenoxy) is 4. The van der Waals surface area contributed by atoms with Crippen LogP contribution in [-0.4, -0.2) is 52.3 Å². The van der Waals surface area contributed by atoms with Crippen molar-refractivity contribution in [2.75, 3.05) is 28.4 Å². The van der Waals surface area contributed by atoms with Crippen molar-refractivity contribution < 1.29 is 38.1 Å². The lowest BCUT2D eigenvalue weighted by Crippen LogP contribution is -2.26. The molecule has 22 heavy (non-hydrogen) atoms. The van der Waals surface area contributed by atoms with E-state index in [1.807, 2.05) is 0 Å². The summed E-state index contributed by atoms with van der Waals surface area (Å²) in [6.07, 6.45) is -0.317. The number of carbonyl (C=O) groups excluding carboxylic acids is 4. The lowest BCUT2D eigenvalue weighted by Gasteiger charge is -2.09. The van der Waals surface area contributed by atoms with E-state index in [1.165, 1.54) is 0 Å². The van der Waals surface area contributed by atoms with Crippen LogP contribution in [0.3, 0.4) is 0 Å². The standard InChI is InChI=1S/C14H18O8/c1-19-11(15)9(12(16)20-2)7-5-6-8-10(13(17)21-3)14(18)22-4/h9-10H,7-8H2,1-4H3. The molecule has 0 unspecified atom stereocenters. The van der Waals surface area contributed by atoms with Crippen LogP contribution < -0.4 is 0 Å². The fourth-order valence-electron chi connectivity index (χ4n) is 1.44. The van der Waals surface area contributed by atoms with Crippen molar-refractivity contribution >= 4 is 23.9 Å². The molecular weight excluding hydrogens is 296 g/mol. The Labute approximate surface area is 128 Å². The summed E-state index contributed by atoms with van der Waals surface area (Å²) in [4.78, 5) is 45.6. The highest BCUT2D eigenvalue weighted by molar-refractivity contribution is 5.95. The number of hydrogen-bond acceptors (Lipinski definition) is 8.